The van der Waals surface area contributed by atoms with Crippen molar-refractivity contribution in [1.82, 2.24) is 9.97 Å². The van der Waals surface area contributed by atoms with E-state index >= 15 is 0 Å². The van der Waals surface area contributed by atoms with Crippen molar-refractivity contribution in [2.24, 2.45) is 0 Å². The Morgan fingerprint density at radius 1 is 1.28 bits per heavy atom. The lowest BCUT2D eigenvalue weighted by molar-refractivity contribution is 0.0426. The first kappa shape index (κ1) is 17.2. The predicted molar refractivity (Wildman–Crippen MR) is 96.1 cm³/mol. The van der Waals surface area contributed by atoms with Gasteiger partial charge in [0.1, 0.15) is 12.4 Å². The first-order valence-corrected chi connectivity index (χ1v) is 8.43. The van der Waals surface area contributed by atoms with Crippen molar-refractivity contribution in [2.75, 3.05) is 13.2 Å². The number of carbonyl (C=O) groups is 1. The molecule has 2 aromatic heterocycles. The molecule has 0 radical (unpaired) electrons. The van der Waals surface area contributed by atoms with Crippen molar-refractivity contribution in [1.29, 1.82) is 0 Å². The van der Waals surface area contributed by atoms with Crippen molar-refractivity contribution < 1.29 is 19.4 Å². The highest BCUT2D eigenvalue weighted by Gasteiger charge is 2.21. The van der Waals surface area contributed by atoms with Crippen molar-refractivity contribution >= 4 is 27.8 Å². The molecule has 132 valence electrons. The predicted octanol–water partition coefficient (Wildman–Crippen LogP) is 3.21. The average molecular weight is 342 g/mol. The maximum Gasteiger partial charge on any atom is 0.357 e. The first-order chi connectivity index (χ1) is 12.1. The van der Waals surface area contributed by atoms with Gasteiger partial charge in [0, 0.05) is 10.8 Å². The molecule has 0 aliphatic carbocycles. The normalized spacial score (nSPS) is 11.4. The summed E-state index contributed by atoms with van der Waals surface area (Å²) >= 11 is 0. The SMILES string of the molecule is CCc1c(C(=O)OCCO)ncc2[nH]c3cccc(OC(C)C)c3c12. The van der Waals surface area contributed by atoms with Gasteiger partial charge in [0.2, 0.25) is 0 Å². The molecule has 0 aliphatic heterocycles. The molecule has 0 saturated carbocycles. The zero-order valence-corrected chi connectivity index (χ0v) is 14.6. The molecule has 0 aliphatic rings. The number of nitrogens with zero attached hydrogens (tertiary/aromatic N) is 1. The lowest BCUT2D eigenvalue weighted by atomic mass is 10.0. The van der Waals surface area contributed by atoms with E-state index in [1.165, 1.54) is 0 Å². The number of rotatable bonds is 6. The van der Waals surface area contributed by atoms with Crippen LogP contribution in [0.5, 0.6) is 5.75 Å². The molecule has 6 heteroatoms. The number of nitrogens with one attached hydrogen (secondary N) is 1. The second kappa shape index (κ2) is 7.11. The Hall–Kier alpha value is -2.60. The molecule has 0 fully saturated rings. The van der Waals surface area contributed by atoms with E-state index in [-0.39, 0.29) is 25.0 Å². The largest absolute Gasteiger partial charge is 0.490 e. The van der Waals surface area contributed by atoms with Crippen LogP contribution in [0.15, 0.2) is 24.4 Å². The van der Waals surface area contributed by atoms with Gasteiger partial charge in [-0.1, -0.05) is 13.0 Å². The van der Waals surface area contributed by atoms with E-state index in [4.69, 9.17) is 14.6 Å². The van der Waals surface area contributed by atoms with Crippen LogP contribution in [0, 0.1) is 0 Å². The van der Waals surface area contributed by atoms with Crippen LogP contribution in [0.2, 0.25) is 0 Å². The summed E-state index contributed by atoms with van der Waals surface area (Å²) in [5.41, 5.74) is 2.88. The first-order valence-electron chi connectivity index (χ1n) is 8.43. The summed E-state index contributed by atoms with van der Waals surface area (Å²) in [6.07, 6.45) is 2.30. The fourth-order valence-electron chi connectivity index (χ4n) is 3.05. The van der Waals surface area contributed by atoms with Crippen molar-refractivity contribution in [3.8, 4) is 5.75 Å². The Morgan fingerprint density at radius 3 is 2.76 bits per heavy atom. The van der Waals surface area contributed by atoms with Crippen LogP contribution < -0.4 is 4.74 Å². The van der Waals surface area contributed by atoms with Crippen molar-refractivity contribution in [3.05, 3.63) is 35.7 Å². The highest BCUT2D eigenvalue weighted by atomic mass is 16.5. The minimum atomic E-state index is -0.524. The zero-order valence-electron chi connectivity index (χ0n) is 14.6. The quantitative estimate of drug-likeness (QED) is 0.672. The topological polar surface area (TPSA) is 84.4 Å². The van der Waals surface area contributed by atoms with Crippen LogP contribution >= 0.6 is 0 Å². The van der Waals surface area contributed by atoms with Gasteiger partial charge in [0.05, 0.1) is 29.9 Å². The van der Waals surface area contributed by atoms with E-state index in [0.29, 0.717) is 6.42 Å². The van der Waals surface area contributed by atoms with E-state index in [2.05, 4.69) is 9.97 Å². The summed E-state index contributed by atoms with van der Waals surface area (Å²) < 4.78 is 11.0. The standard InChI is InChI=1S/C19H22N2O4/c1-4-12-16-14(10-20-18(12)19(23)24-9-8-22)21-13-6-5-7-15(17(13)16)25-11(2)3/h5-7,10-11,21-22H,4,8-9H2,1-3H3. The lowest BCUT2D eigenvalue weighted by Crippen LogP contribution is -2.13. The summed E-state index contributed by atoms with van der Waals surface area (Å²) in [5, 5.41) is 10.7. The van der Waals surface area contributed by atoms with Crippen molar-refractivity contribution in [2.45, 2.75) is 33.3 Å². The Labute approximate surface area is 145 Å². The molecule has 3 rings (SSSR count). The number of H-pyrrole nitrogens is 1. The number of hydrogen-bond donors (Lipinski definition) is 2. The molecule has 2 heterocycles. The third kappa shape index (κ3) is 3.17. The molecule has 25 heavy (non-hydrogen) atoms. The number of benzene rings is 1. The second-order valence-electron chi connectivity index (χ2n) is 6.06. The van der Waals surface area contributed by atoms with E-state index in [1.807, 2.05) is 39.0 Å². The highest BCUT2D eigenvalue weighted by molar-refractivity contribution is 6.13. The maximum absolute atomic E-state index is 12.3. The lowest BCUT2D eigenvalue weighted by Gasteiger charge is -2.12. The van der Waals surface area contributed by atoms with Gasteiger partial charge >= 0.3 is 5.97 Å². The zero-order chi connectivity index (χ0) is 18.0. The van der Waals surface area contributed by atoms with Gasteiger partial charge in [-0.05, 0) is 38.0 Å². The number of fused-ring (bicyclic) bond motifs is 3. The monoisotopic (exact) mass is 342 g/mol. The summed E-state index contributed by atoms with van der Waals surface area (Å²) in [5.74, 6) is 0.249. The number of carbonyl (C=O) groups excluding carboxylic acids is 1. The van der Waals surface area contributed by atoms with Gasteiger partial charge < -0.3 is 19.6 Å². The highest BCUT2D eigenvalue weighted by Crippen LogP contribution is 2.36. The van der Waals surface area contributed by atoms with Gasteiger partial charge in [-0.2, -0.15) is 0 Å². The summed E-state index contributed by atoms with van der Waals surface area (Å²) in [6.45, 7) is 5.68. The molecule has 2 N–H and O–H groups in total. The summed E-state index contributed by atoms with van der Waals surface area (Å²) in [4.78, 5) is 19.9. The van der Waals surface area contributed by atoms with Gasteiger partial charge in [-0.25, -0.2) is 9.78 Å². The Balaban J connectivity index is 2.26. The van der Waals surface area contributed by atoms with Crippen LogP contribution in [0.3, 0.4) is 0 Å². The average Bonchev–Trinajstić information content (AvgIpc) is 2.97. The Kier molecular flexibility index (Phi) is 4.90. The molecule has 3 aromatic rings. The van der Waals surface area contributed by atoms with E-state index in [1.54, 1.807) is 6.20 Å². The van der Waals surface area contributed by atoms with E-state index < -0.39 is 5.97 Å². The molecule has 0 saturated heterocycles. The second-order valence-corrected chi connectivity index (χ2v) is 6.06. The molecule has 0 spiro atoms. The maximum atomic E-state index is 12.3. The van der Waals surface area contributed by atoms with Crippen LogP contribution in [0.25, 0.3) is 21.8 Å². The fraction of sp³-hybridized carbons (Fsp3) is 0.368. The fourth-order valence-corrected chi connectivity index (χ4v) is 3.05. The number of aromatic amines is 1. The molecule has 0 bridgehead atoms. The molecule has 0 atom stereocenters. The van der Waals surface area contributed by atoms with Gasteiger partial charge in [-0.3, -0.25) is 0 Å². The third-order valence-electron chi connectivity index (χ3n) is 3.96. The number of aromatic nitrogens is 2. The van der Waals surface area contributed by atoms with E-state index in [0.717, 1.165) is 33.1 Å². The smallest absolute Gasteiger partial charge is 0.357 e. The molecular formula is C19H22N2O4. The molecule has 0 unspecified atom stereocenters. The summed E-state index contributed by atoms with van der Waals surface area (Å²) in [6, 6.07) is 5.84. The van der Waals surface area contributed by atoms with Gasteiger partial charge in [0.15, 0.2) is 5.69 Å². The minimum absolute atomic E-state index is 0.0384. The molecule has 1 aromatic carbocycles. The number of aliphatic hydroxyl groups excluding tert-OH is 1. The number of aliphatic hydroxyl groups is 1. The Bertz CT molecular complexity index is 915. The molecule has 0 amide bonds. The minimum Gasteiger partial charge on any atom is -0.490 e. The van der Waals surface area contributed by atoms with E-state index in [9.17, 15) is 4.79 Å². The number of hydrogen-bond acceptors (Lipinski definition) is 5. The van der Waals surface area contributed by atoms with Crippen LogP contribution in [-0.2, 0) is 11.2 Å². The number of esters is 1. The van der Waals surface area contributed by atoms with Crippen molar-refractivity contribution in [3.63, 3.8) is 0 Å². The Morgan fingerprint density at radius 2 is 2.08 bits per heavy atom. The number of pyridine rings is 1. The number of ether oxygens (including phenoxy) is 2. The van der Waals surface area contributed by atoms with Crippen LogP contribution in [0.4, 0.5) is 0 Å². The third-order valence-corrected chi connectivity index (χ3v) is 3.96. The molecular weight excluding hydrogens is 320 g/mol. The summed E-state index contributed by atoms with van der Waals surface area (Å²) in [7, 11) is 0. The van der Waals surface area contributed by atoms with Crippen LogP contribution in [-0.4, -0.2) is 40.4 Å². The van der Waals surface area contributed by atoms with Gasteiger partial charge in [-0.15, -0.1) is 0 Å². The molecule has 6 nitrogen and oxygen atoms in total. The number of aryl methyl sites for hydroxylation is 1. The van der Waals surface area contributed by atoms with Crippen LogP contribution in [0.1, 0.15) is 36.8 Å². The van der Waals surface area contributed by atoms with Gasteiger partial charge in [0.25, 0.3) is 0 Å².